The van der Waals surface area contributed by atoms with Crippen LogP contribution in [0.3, 0.4) is 0 Å². The molecule has 1 aromatic rings. The summed E-state index contributed by atoms with van der Waals surface area (Å²) < 4.78 is 33.7. The molecule has 154 valence electrons. The molecule has 2 amide bonds. The van der Waals surface area contributed by atoms with Gasteiger partial charge in [0, 0.05) is 12.1 Å². The van der Waals surface area contributed by atoms with Crippen LogP contribution in [-0.2, 0) is 9.53 Å². The fraction of sp³-hybridized carbons (Fsp3) is 0.619. The lowest BCUT2D eigenvalue weighted by Gasteiger charge is -2.43. The first-order chi connectivity index (χ1) is 13.3. The minimum atomic E-state index is -0.933. The molecule has 1 saturated carbocycles. The van der Waals surface area contributed by atoms with Crippen molar-refractivity contribution in [1.29, 1.82) is 0 Å². The van der Waals surface area contributed by atoms with Gasteiger partial charge in [-0.3, -0.25) is 14.5 Å². The van der Waals surface area contributed by atoms with Crippen molar-refractivity contribution in [3.8, 4) is 0 Å². The van der Waals surface area contributed by atoms with E-state index in [1.807, 2.05) is 13.8 Å². The van der Waals surface area contributed by atoms with E-state index in [1.54, 1.807) is 0 Å². The number of nitrogens with one attached hydrogen (secondary N) is 1. The van der Waals surface area contributed by atoms with Crippen molar-refractivity contribution < 1.29 is 23.1 Å². The monoisotopic (exact) mass is 394 g/mol. The Bertz CT molecular complexity index is 747. The van der Waals surface area contributed by atoms with Gasteiger partial charge in [-0.25, -0.2) is 8.78 Å². The molecule has 28 heavy (non-hydrogen) atoms. The van der Waals surface area contributed by atoms with Gasteiger partial charge < -0.3 is 10.1 Å². The summed E-state index contributed by atoms with van der Waals surface area (Å²) in [6, 6.07) is 1.99. The number of ether oxygens (including phenoxy) is 1. The smallest absolute Gasteiger partial charge is 0.259 e. The molecule has 3 rings (SSSR count). The number of carbonyl (C=O) groups excluding carboxylic acids is 2. The molecule has 2 fully saturated rings. The molecule has 1 aromatic carbocycles. The summed E-state index contributed by atoms with van der Waals surface area (Å²) in [5, 5.41) is 2.90. The molecule has 2 unspecified atom stereocenters. The molecular formula is C21H28F2N2O3. The van der Waals surface area contributed by atoms with Crippen molar-refractivity contribution in [3.63, 3.8) is 0 Å². The Kier molecular flexibility index (Phi) is 6.03. The Balaban J connectivity index is 1.95. The van der Waals surface area contributed by atoms with Gasteiger partial charge in [-0.15, -0.1) is 0 Å². The van der Waals surface area contributed by atoms with Crippen molar-refractivity contribution in [2.45, 2.75) is 70.7 Å². The van der Waals surface area contributed by atoms with Gasteiger partial charge in [-0.05, 0) is 57.1 Å². The molecule has 5 nitrogen and oxygen atoms in total. The number of rotatable bonds is 4. The maximum atomic E-state index is 14.3. The quantitative estimate of drug-likeness (QED) is 0.849. The Morgan fingerprint density at radius 1 is 1.32 bits per heavy atom. The van der Waals surface area contributed by atoms with Gasteiger partial charge in [0.15, 0.2) is 0 Å². The largest absolute Gasteiger partial charge is 0.353 e. The first kappa shape index (κ1) is 20.7. The topological polar surface area (TPSA) is 58.6 Å². The van der Waals surface area contributed by atoms with Gasteiger partial charge in [0.2, 0.25) is 5.91 Å². The summed E-state index contributed by atoms with van der Waals surface area (Å²) >= 11 is 0. The van der Waals surface area contributed by atoms with E-state index in [1.165, 1.54) is 4.90 Å². The number of benzene rings is 1. The van der Waals surface area contributed by atoms with E-state index < -0.39 is 29.3 Å². The van der Waals surface area contributed by atoms with E-state index in [9.17, 15) is 18.4 Å². The van der Waals surface area contributed by atoms with E-state index >= 15 is 0 Å². The van der Waals surface area contributed by atoms with E-state index in [0.29, 0.717) is 24.8 Å². The summed E-state index contributed by atoms with van der Waals surface area (Å²) in [5.41, 5.74) is -1.16. The number of carbonyl (C=O) groups is 2. The number of halogens is 2. The van der Waals surface area contributed by atoms with Gasteiger partial charge in [-0.1, -0.05) is 13.8 Å². The molecule has 1 aliphatic heterocycles. The standard InChI is InChI=1S/C21H28F2N2O3/c1-4-14(3)24-19(26)18-12-28-21(9-7-13(2)8-10-21)25(18)20(27)16-6-5-15(22)11-17(16)23/h5-6,11,13-14,18H,4,7-10,12H2,1-3H3,(H,24,26). The fourth-order valence-corrected chi connectivity index (χ4v) is 4.01. The zero-order valence-corrected chi connectivity index (χ0v) is 16.6. The Labute approximate surface area is 164 Å². The number of hydrogen-bond donors (Lipinski definition) is 1. The number of hydrogen-bond acceptors (Lipinski definition) is 3. The lowest BCUT2D eigenvalue weighted by atomic mass is 9.83. The predicted molar refractivity (Wildman–Crippen MR) is 101 cm³/mol. The van der Waals surface area contributed by atoms with Crippen molar-refractivity contribution in [1.82, 2.24) is 10.2 Å². The molecule has 0 aromatic heterocycles. The van der Waals surface area contributed by atoms with Crippen LogP contribution >= 0.6 is 0 Å². The van der Waals surface area contributed by atoms with Crippen LogP contribution in [0.15, 0.2) is 18.2 Å². The van der Waals surface area contributed by atoms with E-state index in [-0.39, 0.29) is 24.1 Å². The fourth-order valence-electron chi connectivity index (χ4n) is 4.01. The molecule has 0 bridgehead atoms. The Hall–Kier alpha value is -2.02. The molecule has 2 aliphatic rings. The summed E-state index contributed by atoms with van der Waals surface area (Å²) in [5.74, 6) is -2.12. The molecule has 1 spiro atoms. The van der Waals surface area contributed by atoms with Crippen LogP contribution in [0.5, 0.6) is 0 Å². The maximum Gasteiger partial charge on any atom is 0.259 e. The first-order valence-electron chi connectivity index (χ1n) is 10.0. The van der Waals surface area contributed by atoms with Gasteiger partial charge in [0.05, 0.1) is 12.2 Å². The highest BCUT2D eigenvalue weighted by molar-refractivity contribution is 5.98. The van der Waals surface area contributed by atoms with Crippen LogP contribution < -0.4 is 5.32 Å². The lowest BCUT2D eigenvalue weighted by Crippen LogP contribution is -2.57. The molecule has 0 radical (unpaired) electrons. The third-order valence-corrected chi connectivity index (χ3v) is 6.00. The van der Waals surface area contributed by atoms with E-state index in [0.717, 1.165) is 31.4 Å². The second-order valence-electron chi connectivity index (χ2n) is 8.07. The van der Waals surface area contributed by atoms with Gasteiger partial charge >= 0.3 is 0 Å². The third kappa shape index (κ3) is 3.90. The highest BCUT2D eigenvalue weighted by Gasteiger charge is 2.54. The van der Waals surface area contributed by atoms with Gasteiger partial charge in [-0.2, -0.15) is 0 Å². The van der Waals surface area contributed by atoms with Crippen LogP contribution in [0, 0.1) is 17.6 Å². The Morgan fingerprint density at radius 2 is 2.00 bits per heavy atom. The average molecular weight is 394 g/mol. The van der Waals surface area contributed by atoms with Crippen LogP contribution in [0.25, 0.3) is 0 Å². The number of amides is 2. The molecule has 7 heteroatoms. The van der Waals surface area contributed by atoms with Crippen molar-refractivity contribution in [2.75, 3.05) is 6.61 Å². The zero-order chi connectivity index (χ0) is 20.5. The summed E-state index contributed by atoms with van der Waals surface area (Å²) in [6.07, 6.45) is 3.65. The SMILES string of the molecule is CCC(C)NC(=O)C1COC2(CCC(C)CC2)N1C(=O)c1ccc(F)cc1F. The molecular weight excluding hydrogens is 366 g/mol. The number of nitrogens with zero attached hydrogens (tertiary/aromatic N) is 1. The first-order valence-corrected chi connectivity index (χ1v) is 10.0. The predicted octanol–water partition coefficient (Wildman–Crippen LogP) is 3.63. The molecule has 1 N–H and O–H groups in total. The average Bonchev–Trinajstić information content (AvgIpc) is 3.02. The van der Waals surface area contributed by atoms with Crippen molar-refractivity contribution in [3.05, 3.63) is 35.4 Å². The molecule has 2 atom stereocenters. The second-order valence-corrected chi connectivity index (χ2v) is 8.07. The molecule has 1 aliphatic carbocycles. The van der Waals surface area contributed by atoms with Gasteiger partial charge in [0.1, 0.15) is 23.4 Å². The minimum absolute atomic E-state index is 0.0464. The third-order valence-electron chi connectivity index (χ3n) is 6.00. The van der Waals surface area contributed by atoms with E-state index in [2.05, 4.69) is 12.2 Å². The van der Waals surface area contributed by atoms with Crippen molar-refractivity contribution in [2.24, 2.45) is 5.92 Å². The van der Waals surface area contributed by atoms with Crippen molar-refractivity contribution >= 4 is 11.8 Å². The van der Waals surface area contributed by atoms with Crippen LogP contribution in [-0.4, -0.2) is 41.1 Å². The second kappa shape index (κ2) is 8.15. The summed E-state index contributed by atoms with van der Waals surface area (Å²) in [4.78, 5) is 27.6. The molecule has 1 heterocycles. The maximum absolute atomic E-state index is 14.3. The summed E-state index contributed by atoms with van der Waals surface area (Å²) in [7, 11) is 0. The highest BCUT2D eigenvalue weighted by Crippen LogP contribution is 2.43. The zero-order valence-electron chi connectivity index (χ0n) is 16.6. The van der Waals surface area contributed by atoms with Crippen LogP contribution in [0.2, 0.25) is 0 Å². The summed E-state index contributed by atoms with van der Waals surface area (Å²) in [6.45, 7) is 6.06. The minimum Gasteiger partial charge on any atom is -0.353 e. The van der Waals surface area contributed by atoms with E-state index in [4.69, 9.17) is 4.74 Å². The molecule has 1 saturated heterocycles. The highest BCUT2D eigenvalue weighted by atomic mass is 19.1. The van der Waals surface area contributed by atoms with Crippen LogP contribution in [0.1, 0.15) is 63.2 Å². The van der Waals surface area contributed by atoms with Crippen LogP contribution in [0.4, 0.5) is 8.78 Å². The normalized spacial score (nSPS) is 28.4. The Morgan fingerprint density at radius 3 is 2.61 bits per heavy atom. The van der Waals surface area contributed by atoms with Gasteiger partial charge in [0.25, 0.3) is 5.91 Å². The lowest BCUT2D eigenvalue weighted by molar-refractivity contribution is -0.128.